The number of carbonyl (C=O) groups is 1. The molecule has 3 aromatic carbocycles. The second-order valence-corrected chi connectivity index (χ2v) is 7.76. The first-order chi connectivity index (χ1) is 14.9. The van der Waals surface area contributed by atoms with Gasteiger partial charge in [0.15, 0.2) is 11.5 Å². The van der Waals surface area contributed by atoms with Gasteiger partial charge in [-0.25, -0.2) is 4.79 Å². The molecule has 7 heteroatoms. The SMILES string of the molecule is COc1ccc(C(=O)O)cc1NCc1c(Br)ccc(OC)c1OCc1cccc(C)c1. The van der Waals surface area contributed by atoms with E-state index in [-0.39, 0.29) is 5.56 Å². The third kappa shape index (κ3) is 5.49. The van der Waals surface area contributed by atoms with Gasteiger partial charge in [-0.05, 0) is 42.8 Å². The van der Waals surface area contributed by atoms with Gasteiger partial charge >= 0.3 is 5.97 Å². The van der Waals surface area contributed by atoms with Crippen LogP contribution < -0.4 is 19.5 Å². The zero-order valence-electron chi connectivity index (χ0n) is 17.6. The highest BCUT2D eigenvalue weighted by Crippen LogP contribution is 2.38. The van der Waals surface area contributed by atoms with Crippen LogP contribution in [-0.2, 0) is 13.2 Å². The standard InChI is InChI=1S/C24H24BrNO5/c1-15-5-4-6-16(11-15)14-31-23-18(19(25)8-10-22(23)30-3)13-26-20-12-17(24(27)28)7-9-21(20)29-2/h4-12,26H,13-14H2,1-3H3,(H,27,28). The van der Waals surface area contributed by atoms with Crippen molar-refractivity contribution in [3.63, 3.8) is 0 Å². The van der Waals surface area contributed by atoms with Crippen LogP contribution in [0.2, 0.25) is 0 Å². The van der Waals surface area contributed by atoms with E-state index in [2.05, 4.69) is 27.3 Å². The van der Waals surface area contributed by atoms with E-state index in [9.17, 15) is 9.90 Å². The smallest absolute Gasteiger partial charge is 0.335 e. The van der Waals surface area contributed by atoms with Crippen LogP contribution in [0.3, 0.4) is 0 Å². The lowest BCUT2D eigenvalue weighted by molar-refractivity contribution is 0.0697. The van der Waals surface area contributed by atoms with Gasteiger partial charge in [-0.15, -0.1) is 0 Å². The van der Waals surface area contributed by atoms with Crippen LogP contribution in [-0.4, -0.2) is 25.3 Å². The van der Waals surface area contributed by atoms with Gasteiger partial charge in [0, 0.05) is 16.6 Å². The fraction of sp³-hybridized carbons (Fsp3) is 0.208. The number of rotatable bonds is 9. The Labute approximate surface area is 189 Å². The second-order valence-electron chi connectivity index (χ2n) is 6.91. The number of carboxylic acid groups (broad SMARTS) is 1. The zero-order valence-corrected chi connectivity index (χ0v) is 19.2. The molecule has 3 aromatic rings. The molecule has 0 fully saturated rings. The number of hydrogen-bond donors (Lipinski definition) is 2. The molecule has 0 unspecified atom stereocenters. The zero-order chi connectivity index (χ0) is 22.4. The third-order valence-electron chi connectivity index (χ3n) is 4.75. The van der Waals surface area contributed by atoms with Gasteiger partial charge in [0.1, 0.15) is 12.4 Å². The average Bonchev–Trinajstić information content (AvgIpc) is 2.76. The summed E-state index contributed by atoms with van der Waals surface area (Å²) in [6.45, 7) is 2.79. The highest BCUT2D eigenvalue weighted by molar-refractivity contribution is 9.10. The molecule has 0 spiro atoms. The van der Waals surface area contributed by atoms with E-state index in [0.717, 1.165) is 21.2 Å². The average molecular weight is 486 g/mol. The fourth-order valence-corrected chi connectivity index (χ4v) is 3.64. The van der Waals surface area contributed by atoms with Gasteiger partial charge in [-0.1, -0.05) is 45.8 Å². The maximum atomic E-state index is 11.3. The number of nitrogens with one attached hydrogen (secondary N) is 1. The lowest BCUT2D eigenvalue weighted by atomic mass is 10.1. The number of benzene rings is 3. The van der Waals surface area contributed by atoms with Crippen LogP contribution >= 0.6 is 15.9 Å². The molecule has 2 N–H and O–H groups in total. The molecule has 0 heterocycles. The lowest BCUT2D eigenvalue weighted by Crippen LogP contribution is -2.08. The first kappa shape index (κ1) is 22.5. The summed E-state index contributed by atoms with van der Waals surface area (Å²) in [5.41, 5.74) is 3.80. The number of halogens is 1. The minimum atomic E-state index is -1.00. The molecular formula is C24H24BrNO5. The molecule has 0 radical (unpaired) electrons. The van der Waals surface area contributed by atoms with Crippen molar-refractivity contribution in [2.75, 3.05) is 19.5 Å². The van der Waals surface area contributed by atoms with E-state index in [0.29, 0.717) is 36.1 Å². The van der Waals surface area contributed by atoms with Crippen molar-refractivity contribution < 1.29 is 24.1 Å². The summed E-state index contributed by atoms with van der Waals surface area (Å²) in [5, 5.41) is 12.6. The third-order valence-corrected chi connectivity index (χ3v) is 5.50. The monoisotopic (exact) mass is 485 g/mol. The van der Waals surface area contributed by atoms with E-state index in [1.54, 1.807) is 26.4 Å². The largest absolute Gasteiger partial charge is 0.495 e. The molecule has 31 heavy (non-hydrogen) atoms. The van der Waals surface area contributed by atoms with Crippen molar-refractivity contribution in [3.8, 4) is 17.2 Å². The normalized spacial score (nSPS) is 10.5. The van der Waals surface area contributed by atoms with Crippen molar-refractivity contribution in [1.29, 1.82) is 0 Å². The topological polar surface area (TPSA) is 77.0 Å². The van der Waals surface area contributed by atoms with Gasteiger partial charge in [-0.3, -0.25) is 0 Å². The highest BCUT2D eigenvalue weighted by Gasteiger charge is 2.16. The number of ether oxygens (including phenoxy) is 3. The Bertz CT molecular complexity index is 1080. The van der Waals surface area contributed by atoms with Gasteiger partial charge in [0.2, 0.25) is 0 Å². The molecule has 0 aromatic heterocycles. The quantitative estimate of drug-likeness (QED) is 0.406. The van der Waals surface area contributed by atoms with Crippen molar-refractivity contribution in [2.45, 2.75) is 20.1 Å². The summed E-state index contributed by atoms with van der Waals surface area (Å²) >= 11 is 3.59. The van der Waals surface area contributed by atoms with Gasteiger partial charge < -0.3 is 24.6 Å². The molecule has 0 aliphatic heterocycles. The molecule has 0 bridgehead atoms. The van der Waals surface area contributed by atoms with Gasteiger partial charge in [0.05, 0.1) is 25.5 Å². The maximum absolute atomic E-state index is 11.3. The van der Waals surface area contributed by atoms with E-state index < -0.39 is 5.97 Å². The first-order valence-electron chi connectivity index (χ1n) is 9.62. The van der Waals surface area contributed by atoms with Crippen LogP contribution in [0.4, 0.5) is 5.69 Å². The van der Waals surface area contributed by atoms with Crippen LogP contribution in [0.1, 0.15) is 27.0 Å². The Morgan fingerprint density at radius 2 is 1.77 bits per heavy atom. The van der Waals surface area contributed by atoms with Crippen molar-refractivity contribution >= 4 is 27.6 Å². The van der Waals surface area contributed by atoms with Crippen molar-refractivity contribution in [2.24, 2.45) is 0 Å². The Balaban J connectivity index is 1.89. The molecule has 162 valence electrons. The number of aryl methyl sites for hydroxylation is 1. The van der Waals surface area contributed by atoms with Crippen LogP contribution in [0.5, 0.6) is 17.2 Å². The molecule has 0 atom stereocenters. The van der Waals surface area contributed by atoms with Gasteiger partial charge in [-0.2, -0.15) is 0 Å². The van der Waals surface area contributed by atoms with E-state index in [1.165, 1.54) is 6.07 Å². The minimum absolute atomic E-state index is 0.170. The Hall–Kier alpha value is -3.19. The predicted molar refractivity (Wildman–Crippen MR) is 123 cm³/mol. The summed E-state index contributed by atoms with van der Waals surface area (Å²) in [6.07, 6.45) is 0. The maximum Gasteiger partial charge on any atom is 0.335 e. The van der Waals surface area contributed by atoms with Crippen LogP contribution in [0, 0.1) is 6.92 Å². The highest BCUT2D eigenvalue weighted by atomic mass is 79.9. The fourth-order valence-electron chi connectivity index (χ4n) is 3.19. The molecule has 0 amide bonds. The minimum Gasteiger partial charge on any atom is -0.495 e. The number of anilines is 1. The van der Waals surface area contributed by atoms with Crippen molar-refractivity contribution in [3.05, 3.63) is 81.3 Å². The summed E-state index contributed by atoms with van der Waals surface area (Å²) in [4.78, 5) is 11.3. The molecule has 6 nitrogen and oxygen atoms in total. The lowest BCUT2D eigenvalue weighted by Gasteiger charge is -2.18. The summed E-state index contributed by atoms with van der Waals surface area (Å²) < 4.78 is 17.9. The predicted octanol–water partition coefficient (Wildman–Crippen LogP) is 5.66. The molecule has 0 aliphatic carbocycles. The Morgan fingerprint density at radius 1 is 1.03 bits per heavy atom. The van der Waals surface area contributed by atoms with Crippen molar-refractivity contribution in [1.82, 2.24) is 0 Å². The van der Waals surface area contributed by atoms with E-state index >= 15 is 0 Å². The molecule has 0 aliphatic rings. The number of methoxy groups -OCH3 is 2. The first-order valence-corrected chi connectivity index (χ1v) is 10.4. The van der Waals surface area contributed by atoms with Crippen LogP contribution in [0.15, 0.2) is 59.1 Å². The Kier molecular flexibility index (Phi) is 7.41. The number of carboxylic acids is 1. The number of aromatic carboxylic acids is 1. The van der Waals surface area contributed by atoms with E-state index in [4.69, 9.17) is 14.2 Å². The summed E-state index contributed by atoms with van der Waals surface area (Å²) in [6, 6.07) is 16.5. The molecular weight excluding hydrogens is 462 g/mol. The van der Waals surface area contributed by atoms with Crippen LogP contribution in [0.25, 0.3) is 0 Å². The summed E-state index contributed by atoms with van der Waals surface area (Å²) in [5.74, 6) is 0.764. The molecule has 0 saturated carbocycles. The van der Waals surface area contributed by atoms with E-state index in [1.807, 2.05) is 37.3 Å². The summed E-state index contributed by atoms with van der Waals surface area (Å²) in [7, 11) is 3.14. The van der Waals surface area contributed by atoms with Gasteiger partial charge in [0.25, 0.3) is 0 Å². The second kappa shape index (κ2) is 10.2. The Morgan fingerprint density at radius 3 is 2.45 bits per heavy atom. The number of hydrogen-bond acceptors (Lipinski definition) is 5. The molecule has 0 saturated heterocycles. The molecule has 3 rings (SSSR count).